The normalized spacial score (nSPS) is 17.1. The molecule has 6 heteroatoms. The predicted octanol–water partition coefficient (Wildman–Crippen LogP) is 4.54. The quantitative estimate of drug-likeness (QED) is 0.595. The van der Waals surface area contributed by atoms with Crippen LogP contribution in [0.1, 0.15) is 12.8 Å². The van der Waals surface area contributed by atoms with Crippen molar-refractivity contribution >= 4 is 39.9 Å². The van der Waals surface area contributed by atoms with Gasteiger partial charge in [0.1, 0.15) is 5.82 Å². The van der Waals surface area contributed by atoms with E-state index in [1.807, 2.05) is 18.2 Å². The lowest BCUT2D eigenvalue weighted by Gasteiger charge is -2.32. The minimum atomic E-state index is -0.393. The Bertz CT molecular complexity index is 1120. The van der Waals surface area contributed by atoms with Crippen LogP contribution in [0, 0.1) is 18.3 Å². The van der Waals surface area contributed by atoms with Crippen molar-refractivity contribution in [1.29, 1.82) is 0 Å². The van der Waals surface area contributed by atoms with E-state index in [2.05, 4.69) is 15.8 Å². The van der Waals surface area contributed by atoms with Crippen LogP contribution in [-0.2, 0) is 0 Å². The lowest BCUT2D eigenvalue weighted by molar-refractivity contribution is 0.495. The molecule has 1 saturated heterocycles. The first kappa shape index (κ1) is 17.9. The predicted molar refractivity (Wildman–Crippen MR) is 111 cm³/mol. The summed E-state index contributed by atoms with van der Waals surface area (Å²) in [5.41, 5.74) is 0.861. The minimum Gasteiger partial charge on any atom is -0.355 e. The van der Waals surface area contributed by atoms with Gasteiger partial charge in [-0.05, 0) is 43.2 Å². The summed E-state index contributed by atoms with van der Waals surface area (Å²) in [6, 6.07) is 12.7. The number of piperidine rings is 1. The third kappa shape index (κ3) is 3.29. The van der Waals surface area contributed by atoms with Crippen molar-refractivity contribution in [2.75, 3.05) is 18.0 Å². The second kappa shape index (κ2) is 7.26. The summed E-state index contributed by atoms with van der Waals surface area (Å²) in [6.45, 7) is 1.51. The zero-order valence-corrected chi connectivity index (χ0v) is 16.0. The highest BCUT2D eigenvalue weighted by atomic mass is 35.5. The van der Waals surface area contributed by atoms with Gasteiger partial charge in [0.2, 0.25) is 0 Å². The number of terminal acetylenes is 1. The minimum absolute atomic E-state index is 0.161. The number of benzene rings is 2. The fourth-order valence-electron chi connectivity index (χ4n) is 3.60. The van der Waals surface area contributed by atoms with Crippen molar-refractivity contribution in [1.82, 2.24) is 9.55 Å². The van der Waals surface area contributed by atoms with E-state index in [1.165, 1.54) is 4.57 Å². The van der Waals surface area contributed by atoms with Gasteiger partial charge < -0.3 is 4.90 Å². The molecule has 4 rings (SSSR count). The molecule has 1 aromatic heterocycles. The van der Waals surface area contributed by atoms with Crippen LogP contribution in [0.5, 0.6) is 0 Å². The monoisotopic (exact) mass is 397 g/mol. The number of anilines is 1. The zero-order valence-electron chi connectivity index (χ0n) is 14.5. The molecular weight excluding hydrogens is 381 g/mol. The Morgan fingerprint density at radius 3 is 2.78 bits per heavy atom. The lowest BCUT2D eigenvalue weighted by Crippen LogP contribution is -2.37. The van der Waals surface area contributed by atoms with Gasteiger partial charge in [-0.25, -0.2) is 4.79 Å². The second-order valence-electron chi connectivity index (χ2n) is 6.62. The van der Waals surface area contributed by atoms with Crippen LogP contribution < -0.4 is 10.6 Å². The lowest BCUT2D eigenvalue weighted by atomic mass is 9.99. The molecule has 0 saturated carbocycles. The molecule has 1 fully saturated rings. The average Bonchev–Trinajstić information content (AvgIpc) is 2.68. The number of para-hydroxylation sites is 1. The van der Waals surface area contributed by atoms with Gasteiger partial charge in [-0.3, -0.25) is 4.57 Å². The summed E-state index contributed by atoms with van der Waals surface area (Å²) in [4.78, 5) is 19.5. The second-order valence-corrected chi connectivity index (χ2v) is 7.46. The van der Waals surface area contributed by atoms with Gasteiger partial charge in [-0.2, -0.15) is 4.98 Å². The number of nitrogens with zero attached hydrogens (tertiary/aromatic N) is 3. The van der Waals surface area contributed by atoms with Crippen molar-refractivity contribution in [3.63, 3.8) is 0 Å². The fraction of sp³-hybridized carbons (Fsp3) is 0.238. The number of hydrogen-bond donors (Lipinski definition) is 0. The van der Waals surface area contributed by atoms with Gasteiger partial charge in [-0.1, -0.05) is 35.3 Å². The van der Waals surface area contributed by atoms with E-state index in [9.17, 15) is 4.79 Å². The molecule has 1 unspecified atom stereocenters. The van der Waals surface area contributed by atoms with E-state index in [1.54, 1.807) is 24.3 Å². The molecule has 0 aliphatic carbocycles. The molecule has 1 aliphatic heterocycles. The van der Waals surface area contributed by atoms with Gasteiger partial charge in [0.15, 0.2) is 0 Å². The Morgan fingerprint density at radius 2 is 2.00 bits per heavy atom. The topological polar surface area (TPSA) is 38.1 Å². The molecular formula is C21H17Cl2N3O. The summed E-state index contributed by atoms with van der Waals surface area (Å²) < 4.78 is 1.51. The molecule has 0 amide bonds. The van der Waals surface area contributed by atoms with E-state index in [0.29, 0.717) is 33.6 Å². The molecule has 1 aliphatic rings. The number of aromatic nitrogens is 2. The van der Waals surface area contributed by atoms with Gasteiger partial charge >= 0.3 is 5.69 Å². The summed E-state index contributed by atoms with van der Waals surface area (Å²) in [5.74, 6) is 3.64. The Morgan fingerprint density at radius 1 is 1.19 bits per heavy atom. The van der Waals surface area contributed by atoms with Crippen LogP contribution in [0.4, 0.5) is 5.82 Å². The maximum Gasteiger partial charge on any atom is 0.354 e. The average molecular weight is 398 g/mol. The third-order valence-corrected chi connectivity index (χ3v) is 5.44. The first-order valence-corrected chi connectivity index (χ1v) is 9.52. The number of fused-ring (bicyclic) bond motifs is 1. The molecule has 0 bridgehead atoms. The summed E-state index contributed by atoms with van der Waals surface area (Å²) in [6.07, 6.45) is 7.59. The van der Waals surface area contributed by atoms with E-state index >= 15 is 0 Å². The number of rotatable bonds is 2. The molecule has 136 valence electrons. The summed E-state index contributed by atoms with van der Waals surface area (Å²) in [7, 11) is 0. The summed E-state index contributed by atoms with van der Waals surface area (Å²) >= 11 is 12.6. The van der Waals surface area contributed by atoms with Gasteiger partial charge in [0.25, 0.3) is 0 Å². The van der Waals surface area contributed by atoms with E-state index in [4.69, 9.17) is 29.6 Å². The van der Waals surface area contributed by atoms with Crippen LogP contribution in [0.15, 0.2) is 47.3 Å². The van der Waals surface area contributed by atoms with Gasteiger partial charge in [0, 0.05) is 29.4 Å². The number of halogens is 2. The molecule has 0 radical (unpaired) electrons. The first-order valence-electron chi connectivity index (χ1n) is 8.77. The highest BCUT2D eigenvalue weighted by Crippen LogP contribution is 2.31. The Balaban J connectivity index is 1.97. The third-order valence-electron chi connectivity index (χ3n) is 4.88. The van der Waals surface area contributed by atoms with E-state index in [-0.39, 0.29) is 5.92 Å². The molecule has 4 nitrogen and oxygen atoms in total. The molecule has 0 spiro atoms. The van der Waals surface area contributed by atoms with E-state index in [0.717, 1.165) is 24.8 Å². The van der Waals surface area contributed by atoms with Gasteiger partial charge in [-0.15, -0.1) is 12.3 Å². The van der Waals surface area contributed by atoms with Crippen molar-refractivity contribution in [3.8, 4) is 18.0 Å². The highest BCUT2D eigenvalue weighted by molar-refractivity contribution is 6.32. The van der Waals surface area contributed by atoms with Gasteiger partial charge in [0.05, 0.1) is 16.2 Å². The molecule has 27 heavy (non-hydrogen) atoms. The molecule has 2 heterocycles. The Kier molecular flexibility index (Phi) is 4.82. The Labute approximate surface area is 167 Å². The Hall–Kier alpha value is -2.48. The molecule has 1 atom stereocenters. The van der Waals surface area contributed by atoms with Crippen LogP contribution in [0.2, 0.25) is 10.0 Å². The highest BCUT2D eigenvalue weighted by Gasteiger charge is 2.23. The SMILES string of the molecule is C#CC1CCCN(c2nc(=O)n(-c3ccccc3Cl)c3cc(Cl)ccc23)C1. The maximum atomic E-state index is 13.0. The standard InChI is InChI=1S/C21H17Cl2N3O/c1-2-14-6-5-11-25(13-14)20-16-10-9-15(22)12-19(16)26(21(27)24-20)18-8-4-3-7-17(18)23/h1,3-4,7-10,12,14H,5-6,11,13H2. The van der Waals surface area contributed by atoms with Crippen LogP contribution in [0.25, 0.3) is 16.6 Å². The van der Waals surface area contributed by atoms with Crippen LogP contribution in [-0.4, -0.2) is 22.6 Å². The summed E-state index contributed by atoms with van der Waals surface area (Å²) in [5, 5.41) is 1.86. The van der Waals surface area contributed by atoms with Crippen molar-refractivity contribution in [2.45, 2.75) is 12.8 Å². The van der Waals surface area contributed by atoms with Crippen LogP contribution in [0.3, 0.4) is 0 Å². The smallest absolute Gasteiger partial charge is 0.354 e. The molecule has 0 N–H and O–H groups in total. The van der Waals surface area contributed by atoms with Crippen molar-refractivity contribution < 1.29 is 0 Å². The maximum absolute atomic E-state index is 13.0. The van der Waals surface area contributed by atoms with Crippen molar-refractivity contribution in [3.05, 3.63) is 63.0 Å². The first-order chi connectivity index (χ1) is 13.1. The van der Waals surface area contributed by atoms with Crippen LogP contribution >= 0.6 is 23.2 Å². The zero-order chi connectivity index (χ0) is 19.0. The molecule has 2 aromatic carbocycles. The number of hydrogen-bond acceptors (Lipinski definition) is 3. The van der Waals surface area contributed by atoms with Crippen molar-refractivity contribution in [2.24, 2.45) is 5.92 Å². The fourth-order valence-corrected chi connectivity index (χ4v) is 3.98. The molecule has 3 aromatic rings. The van der Waals surface area contributed by atoms with E-state index < -0.39 is 5.69 Å². The largest absolute Gasteiger partial charge is 0.355 e.